The van der Waals surface area contributed by atoms with Crippen LogP contribution in [0.4, 0.5) is 0 Å². The number of aromatic carboxylic acids is 1. The molecule has 2 aromatic rings. The normalized spacial score (nSPS) is 13.3. The highest BCUT2D eigenvalue weighted by molar-refractivity contribution is 5.91. The van der Waals surface area contributed by atoms with Crippen molar-refractivity contribution < 1.29 is 14.6 Å². The van der Waals surface area contributed by atoms with Gasteiger partial charge in [-0.25, -0.2) is 4.79 Å². The van der Waals surface area contributed by atoms with Crippen LogP contribution < -0.4 is 4.74 Å². The highest BCUT2D eigenvalue weighted by atomic mass is 16.5. The number of carboxylic acids is 1. The molecule has 2 rings (SSSR count). The van der Waals surface area contributed by atoms with Gasteiger partial charge in [-0.15, -0.1) is 0 Å². The van der Waals surface area contributed by atoms with Gasteiger partial charge in [-0.2, -0.15) is 0 Å². The molecule has 0 amide bonds. The van der Waals surface area contributed by atoms with Gasteiger partial charge in [0.25, 0.3) is 0 Å². The van der Waals surface area contributed by atoms with Gasteiger partial charge < -0.3 is 9.84 Å². The zero-order valence-corrected chi connectivity index (χ0v) is 16.7. The summed E-state index contributed by atoms with van der Waals surface area (Å²) in [5, 5.41) is 9.69. The zero-order chi connectivity index (χ0) is 19.5. The summed E-state index contributed by atoms with van der Waals surface area (Å²) in [6.07, 6.45) is 0.813. The third-order valence-corrected chi connectivity index (χ3v) is 4.38. The third-order valence-electron chi connectivity index (χ3n) is 4.38. The van der Waals surface area contributed by atoms with Crippen LogP contribution in [0.25, 0.3) is 0 Å². The fourth-order valence-electron chi connectivity index (χ4n) is 3.69. The Labute approximate surface area is 157 Å². The van der Waals surface area contributed by atoms with Crippen molar-refractivity contribution in [3.8, 4) is 5.75 Å². The lowest BCUT2D eigenvalue weighted by atomic mass is 9.83. The van der Waals surface area contributed by atoms with Gasteiger partial charge in [-0.05, 0) is 37.3 Å². The Hall–Kier alpha value is -2.29. The Balaban J connectivity index is 2.50. The number of carbonyl (C=O) groups is 1. The van der Waals surface area contributed by atoms with Gasteiger partial charge in [-0.1, -0.05) is 70.2 Å². The Morgan fingerprint density at radius 3 is 2.15 bits per heavy atom. The molecule has 26 heavy (non-hydrogen) atoms. The van der Waals surface area contributed by atoms with Crippen molar-refractivity contribution in [3.05, 3.63) is 65.2 Å². The minimum absolute atomic E-state index is 0.0379. The molecule has 0 aliphatic carbocycles. The molecule has 1 N–H and O–H groups in total. The molecule has 0 spiro atoms. The van der Waals surface area contributed by atoms with Crippen LogP contribution in [0, 0.1) is 5.41 Å². The average Bonchev–Trinajstić information content (AvgIpc) is 2.52. The summed E-state index contributed by atoms with van der Waals surface area (Å²) >= 11 is 0. The summed E-state index contributed by atoms with van der Waals surface area (Å²) in [6, 6.07) is 15.5. The molecular weight excluding hydrogens is 324 g/mol. The molecule has 0 aromatic heterocycles. The van der Waals surface area contributed by atoms with E-state index in [9.17, 15) is 9.90 Å². The second kappa shape index (κ2) is 7.53. The van der Waals surface area contributed by atoms with Crippen molar-refractivity contribution in [2.75, 3.05) is 0 Å². The molecule has 0 heterocycles. The smallest absolute Gasteiger partial charge is 0.339 e. The van der Waals surface area contributed by atoms with E-state index in [1.165, 1.54) is 0 Å². The third kappa shape index (κ3) is 5.10. The molecule has 0 fully saturated rings. The van der Waals surface area contributed by atoms with Crippen LogP contribution in [-0.2, 0) is 0 Å². The highest BCUT2D eigenvalue weighted by Crippen LogP contribution is 2.38. The molecule has 1 atom stereocenters. The summed E-state index contributed by atoms with van der Waals surface area (Å²) in [6.45, 7) is 12.6. The minimum Gasteiger partial charge on any atom is -0.487 e. The van der Waals surface area contributed by atoms with Crippen LogP contribution in [0.3, 0.4) is 0 Å². The van der Waals surface area contributed by atoms with Gasteiger partial charge in [0.15, 0.2) is 0 Å². The van der Waals surface area contributed by atoms with Crippen LogP contribution in [0.1, 0.15) is 75.4 Å². The maximum absolute atomic E-state index is 11.8. The largest absolute Gasteiger partial charge is 0.487 e. The Kier molecular flexibility index (Phi) is 5.80. The number of hydrogen-bond donors (Lipinski definition) is 1. The lowest BCUT2D eigenvalue weighted by Crippen LogP contribution is -2.34. The van der Waals surface area contributed by atoms with Gasteiger partial charge in [0.2, 0.25) is 0 Å². The summed E-state index contributed by atoms with van der Waals surface area (Å²) in [5.41, 5.74) is 1.85. The summed E-state index contributed by atoms with van der Waals surface area (Å²) in [7, 11) is 0. The Bertz CT molecular complexity index is 755. The van der Waals surface area contributed by atoms with Gasteiger partial charge >= 0.3 is 5.97 Å². The van der Waals surface area contributed by atoms with Crippen molar-refractivity contribution in [1.29, 1.82) is 0 Å². The monoisotopic (exact) mass is 354 g/mol. The molecule has 3 nitrogen and oxygen atoms in total. The highest BCUT2D eigenvalue weighted by Gasteiger charge is 2.30. The molecule has 1 unspecified atom stereocenters. The quantitative estimate of drug-likeness (QED) is 0.678. The summed E-state index contributed by atoms with van der Waals surface area (Å²) in [5.74, 6) is -0.449. The van der Waals surface area contributed by atoms with Crippen LogP contribution in [-0.4, -0.2) is 16.7 Å². The van der Waals surface area contributed by atoms with E-state index in [0.717, 1.165) is 17.5 Å². The average molecular weight is 354 g/mol. The van der Waals surface area contributed by atoms with E-state index in [1.807, 2.05) is 38.1 Å². The predicted molar refractivity (Wildman–Crippen MR) is 106 cm³/mol. The van der Waals surface area contributed by atoms with Gasteiger partial charge in [0.1, 0.15) is 16.9 Å². The van der Waals surface area contributed by atoms with E-state index >= 15 is 0 Å². The predicted octanol–water partition coefficient (Wildman–Crippen LogP) is 6.13. The fourth-order valence-corrected chi connectivity index (χ4v) is 3.69. The molecule has 0 aliphatic heterocycles. The number of rotatable bonds is 6. The molecule has 3 heteroatoms. The van der Waals surface area contributed by atoms with Crippen LogP contribution >= 0.6 is 0 Å². The van der Waals surface area contributed by atoms with Crippen molar-refractivity contribution in [1.82, 2.24) is 0 Å². The minimum atomic E-state index is -0.964. The topological polar surface area (TPSA) is 46.5 Å². The van der Waals surface area contributed by atoms with Gasteiger partial charge in [0, 0.05) is 11.5 Å². The van der Waals surface area contributed by atoms with Crippen molar-refractivity contribution in [2.24, 2.45) is 5.41 Å². The number of hydrogen-bond acceptors (Lipinski definition) is 2. The van der Waals surface area contributed by atoms with E-state index in [-0.39, 0.29) is 16.9 Å². The molecule has 2 aromatic carbocycles. The first kappa shape index (κ1) is 20.0. The maximum atomic E-state index is 11.8. The standard InChI is InChI=1S/C23H30O3/c1-16(17-11-8-7-9-12-17)18-13-10-14-19(21(24)25)20(18)26-23(5,6)15-22(2,3)4/h7-14,16H,15H2,1-6H3,(H,24,25). The molecule has 0 saturated carbocycles. The maximum Gasteiger partial charge on any atom is 0.339 e. The first-order valence-electron chi connectivity index (χ1n) is 9.10. The second-order valence-electron chi connectivity index (χ2n) is 8.76. The van der Waals surface area contributed by atoms with Crippen LogP contribution in [0.15, 0.2) is 48.5 Å². The molecule has 0 saturated heterocycles. The summed E-state index contributed by atoms with van der Waals surface area (Å²) in [4.78, 5) is 11.8. The van der Waals surface area contributed by atoms with Gasteiger partial charge in [0.05, 0.1) is 0 Å². The van der Waals surface area contributed by atoms with E-state index in [0.29, 0.717) is 5.75 Å². The number of para-hydroxylation sites is 1. The van der Waals surface area contributed by atoms with E-state index in [1.54, 1.807) is 12.1 Å². The number of carboxylic acid groups (broad SMARTS) is 1. The van der Waals surface area contributed by atoms with Gasteiger partial charge in [-0.3, -0.25) is 0 Å². The van der Waals surface area contributed by atoms with Crippen molar-refractivity contribution in [3.63, 3.8) is 0 Å². The zero-order valence-electron chi connectivity index (χ0n) is 16.7. The van der Waals surface area contributed by atoms with Crippen molar-refractivity contribution in [2.45, 2.75) is 59.5 Å². The second-order valence-corrected chi connectivity index (χ2v) is 8.76. The van der Waals surface area contributed by atoms with Crippen LogP contribution in [0.2, 0.25) is 0 Å². The van der Waals surface area contributed by atoms with E-state index < -0.39 is 11.6 Å². The molecular formula is C23H30O3. The molecule has 0 bridgehead atoms. The van der Waals surface area contributed by atoms with E-state index in [2.05, 4.69) is 39.8 Å². The molecule has 140 valence electrons. The Morgan fingerprint density at radius 2 is 1.62 bits per heavy atom. The first-order chi connectivity index (χ1) is 12.0. The van der Waals surface area contributed by atoms with Crippen LogP contribution in [0.5, 0.6) is 5.75 Å². The number of ether oxygens (including phenoxy) is 1. The lowest BCUT2D eigenvalue weighted by molar-refractivity contribution is 0.0555. The molecule has 0 radical (unpaired) electrons. The first-order valence-corrected chi connectivity index (χ1v) is 9.10. The van der Waals surface area contributed by atoms with E-state index in [4.69, 9.17) is 4.74 Å². The van der Waals surface area contributed by atoms with Crippen molar-refractivity contribution >= 4 is 5.97 Å². The summed E-state index contributed by atoms with van der Waals surface area (Å²) < 4.78 is 6.36. The Morgan fingerprint density at radius 1 is 1.00 bits per heavy atom. The molecule has 0 aliphatic rings. The SMILES string of the molecule is CC(c1ccccc1)c1cccc(C(=O)O)c1OC(C)(C)CC(C)(C)C. The lowest BCUT2D eigenvalue weighted by Gasteiger charge is -2.34. The number of benzene rings is 2. The fraction of sp³-hybridized carbons (Fsp3) is 0.435.